The number of nitrogens with zero attached hydrogens (tertiary/aromatic N) is 4. The maximum atomic E-state index is 16.0. The minimum absolute atomic E-state index is 0.0397. The van der Waals surface area contributed by atoms with Crippen LogP contribution in [0.4, 0.5) is 10.1 Å². The lowest BCUT2D eigenvalue weighted by Crippen LogP contribution is -2.53. The number of fused-ring (bicyclic) bond motifs is 3. The van der Waals surface area contributed by atoms with Crippen LogP contribution in [0.3, 0.4) is 0 Å². The Kier molecular flexibility index (Phi) is 10.2. The molecule has 0 bridgehead atoms. The lowest BCUT2D eigenvalue weighted by molar-refractivity contribution is 0.0726. The Bertz CT molecular complexity index is 2000. The Hall–Kier alpha value is -4.05. The standard InChI is InChI=1S/C35H44FN5O8S/c1-6-48-32-26(33(42)37-50(45,46)41-12-7-8-13-41)10-9-25(30(32)36)34(43)40-14-11-24-27(19-40)35(44)49-31-22(3)28(17-21(2)29(24)31)39-16-15-38(4)23(18-39)20-47-5/h9-10,17,23H,6-8,11-16,18-20H2,1-5H3,(H,37,42)/t23-/m1/s1. The molecule has 6 rings (SSSR count). The molecule has 2 fully saturated rings. The number of methoxy groups -OCH3 is 1. The van der Waals surface area contributed by atoms with Gasteiger partial charge in [0.2, 0.25) is 0 Å². The van der Waals surface area contributed by atoms with Gasteiger partial charge in [-0.1, -0.05) is 0 Å². The quantitative estimate of drug-likeness (QED) is 0.329. The van der Waals surface area contributed by atoms with Crippen molar-refractivity contribution >= 4 is 38.7 Å². The number of carbonyl (C=O) groups excluding carboxylic acids is 2. The molecule has 0 saturated carbocycles. The van der Waals surface area contributed by atoms with Gasteiger partial charge in [0.05, 0.1) is 42.5 Å². The van der Waals surface area contributed by atoms with Crippen molar-refractivity contribution < 1.29 is 36.3 Å². The van der Waals surface area contributed by atoms with Gasteiger partial charge < -0.3 is 23.7 Å². The van der Waals surface area contributed by atoms with E-state index in [4.69, 9.17) is 13.9 Å². The number of likely N-dealkylation sites (N-methyl/N-ethyl adjacent to an activating group) is 1. The van der Waals surface area contributed by atoms with E-state index in [2.05, 4.69) is 22.9 Å². The van der Waals surface area contributed by atoms with Crippen molar-refractivity contribution in [3.05, 3.63) is 67.8 Å². The topological polar surface area (TPSA) is 142 Å². The monoisotopic (exact) mass is 713 g/mol. The molecule has 2 saturated heterocycles. The molecule has 3 aliphatic rings. The maximum Gasteiger partial charge on any atom is 0.341 e. The van der Waals surface area contributed by atoms with Crippen LogP contribution in [0, 0.1) is 19.7 Å². The highest BCUT2D eigenvalue weighted by atomic mass is 32.2. The number of amides is 2. The molecule has 0 aliphatic carbocycles. The zero-order chi connectivity index (χ0) is 35.9. The van der Waals surface area contributed by atoms with Gasteiger partial charge in [-0.2, -0.15) is 12.7 Å². The first-order valence-corrected chi connectivity index (χ1v) is 18.4. The molecule has 2 aromatic carbocycles. The fraction of sp³-hybridized carbons (Fsp3) is 0.514. The summed E-state index contributed by atoms with van der Waals surface area (Å²) < 4.78 is 61.4. The number of rotatable bonds is 9. The molecule has 1 atom stereocenters. The van der Waals surface area contributed by atoms with E-state index in [0.29, 0.717) is 37.0 Å². The summed E-state index contributed by atoms with van der Waals surface area (Å²) in [5, 5.41) is 0.847. The zero-order valence-electron chi connectivity index (χ0n) is 29.1. The number of halogens is 1. The Morgan fingerprint density at radius 1 is 1.06 bits per heavy atom. The average molecular weight is 714 g/mol. The van der Waals surface area contributed by atoms with Crippen LogP contribution in [0.5, 0.6) is 5.75 Å². The van der Waals surface area contributed by atoms with Crippen LogP contribution < -0.4 is 20.0 Å². The summed E-state index contributed by atoms with van der Waals surface area (Å²) in [6, 6.07) is 4.67. The second-order valence-electron chi connectivity index (χ2n) is 13.2. The lowest BCUT2D eigenvalue weighted by atomic mass is 9.92. The maximum absolute atomic E-state index is 16.0. The van der Waals surface area contributed by atoms with Crippen molar-refractivity contribution in [3.63, 3.8) is 0 Å². The number of aryl methyl sites for hydroxylation is 2. The van der Waals surface area contributed by atoms with Gasteiger partial charge in [0.15, 0.2) is 11.6 Å². The Morgan fingerprint density at radius 3 is 2.48 bits per heavy atom. The van der Waals surface area contributed by atoms with Gasteiger partial charge in [-0.05, 0) is 76.4 Å². The van der Waals surface area contributed by atoms with E-state index in [1.807, 2.05) is 18.6 Å². The van der Waals surface area contributed by atoms with Crippen LogP contribution >= 0.6 is 0 Å². The summed E-state index contributed by atoms with van der Waals surface area (Å²) in [5.41, 5.74) is 3.23. The van der Waals surface area contributed by atoms with Gasteiger partial charge in [-0.25, -0.2) is 13.9 Å². The molecule has 13 nitrogen and oxygen atoms in total. The molecule has 50 heavy (non-hydrogen) atoms. The number of piperazine rings is 1. The second-order valence-corrected chi connectivity index (χ2v) is 14.9. The van der Waals surface area contributed by atoms with E-state index in [-0.39, 0.29) is 50.0 Å². The number of hydrogen-bond acceptors (Lipinski definition) is 10. The van der Waals surface area contributed by atoms with Crippen LogP contribution in [-0.2, 0) is 27.9 Å². The van der Waals surface area contributed by atoms with Gasteiger partial charge >= 0.3 is 15.8 Å². The highest BCUT2D eigenvalue weighted by Gasteiger charge is 2.34. The van der Waals surface area contributed by atoms with Crippen molar-refractivity contribution in [1.82, 2.24) is 18.8 Å². The Balaban J connectivity index is 1.27. The van der Waals surface area contributed by atoms with Crippen molar-refractivity contribution in [3.8, 4) is 5.75 Å². The number of ether oxygens (including phenoxy) is 2. The smallest absolute Gasteiger partial charge is 0.341 e. The number of anilines is 1. The number of benzene rings is 2. The first-order chi connectivity index (χ1) is 23.9. The molecule has 0 unspecified atom stereocenters. The molecule has 4 heterocycles. The summed E-state index contributed by atoms with van der Waals surface area (Å²) in [5.74, 6) is -3.37. The summed E-state index contributed by atoms with van der Waals surface area (Å²) in [7, 11) is -0.346. The summed E-state index contributed by atoms with van der Waals surface area (Å²) in [4.78, 5) is 46.3. The number of carbonyl (C=O) groups is 2. The molecule has 3 aliphatic heterocycles. The third-order valence-corrected chi connectivity index (χ3v) is 11.5. The van der Waals surface area contributed by atoms with Crippen LogP contribution in [0.15, 0.2) is 27.4 Å². The summed E-state index contributed by atoms with van der Waals surface area (Å²) in [6.07, 6.45) is 1.70. The molecular weight excluding hydrogens is 669 g/mol. The van der Waals surface area contributed by atoms with E-state index < -0.39 is 39.2 Å². The third-order valence-electron chi connectivity index (χ3n) is 10.0. The van der Waals surface area contributed by atoms with Crippen molar-refractivity contribution in [1.29, 1.82) is 0 Å². The molecule has 0 radical (unpaired) electrons. The molecule has 1 N–H and O–H groups in total. The van der Waals surface area contributed by atoms with Gasteiger partial charge in [0, 0.05) is 63.0 Å². The zero-order valence-corrected chi connectivity index (χ0v) is 30.0. The first-order valence-electron chi connectivity index (χ1n) is 17.0. The SMILES string of the molecule is CCOc1c(C(=O)NS(=O)(=O)N2CCCC2)ccc(C(=O)N2CCc3c(c(=O)oc4c(C)c(N5CCN(C)[C@@H](COC)C5)cc(C)c34)C2)c1F. The van der Waals surface area contributed by atoms with Crippen LogP contribution in [0.1, 0.15) is 62.7 Å². The van der Waals surface area contributed by atoms with E-state index in [0.717, 1.165) is 57.8 Å². The predicted molar refractivity (Wildman–Crippen MR) is 186 cm³/mol. The van der Waals surface area contributed by atoms with E-state index >= 15 is 4.39 Å². The molecule has 0 spiro atoms. The minimum atomic E-state index is -4.13. The van der Waals surface area contributed by atoms with Crippen molar-refractivity contribution in [2.75, 3.05) is 71.5 Å². The largest absolute Gasteiger partial charge is 0.490 e. The molecule has 15 heteroatoms. The van der Waals surface area contributed by atoms with Crippen molar-refractivity contribution in [2.24, 2.45) is 0 Å². The van der Waals surface area contributed by atoms with E-state index in [9.17, 15) is 22.8 Å². The summed E-state index contributed by atoms with van der Waals surface area (Å²) >= 11 is 0. The number of hydrogen-bond donors (Lipinski definition) is 1. The molecule has 1 aromatic heterocycles. The van der Waals surface area contributed by atoms with Gasteiger partial charge in [0.25, 0.3) is 11.8 Å². The van der Waals surface area contributed by atoms with Gasteiger partial charge in [-0.15, -0.1) is 0 Å². The molecule has 270 valence electrons. The second kappa shape index (κ2) is 14.3. The number of nitrogens with one attached hydrogen (secondary N) is 1. The molecular formula is C35H44FN5O8S. The summed E-state index contributed by atoms with van der Waals surface area (Å²) in [6.45, 7) is 9.23. The fourth-order valence-corrected chi connectivity index (χ4v) is 8.52. The molecule has 3 aromatic rings. The Morgan fingerprint density at radius 2 is 1.78 bits per heavy atom. The molecule has 2 amide bonds. The first kappa shape index (κ1) is 35.8. The van der Waals surface area contributed by atoms with E-state index in [1.54, 1.807) is 14.0 Å². The lowest BCUT2D eigenvalue weighted by Gasteiger charge is -2.41. The highest BCUT2D eigenvalue weighted by Crippen LogP contribution is 2.36. The van der Waals surface area contributed by atoms with Crippen LogP contribution in [0.25, 0.3) is 11.0 Å². The third kappa shape index (κ3) is 6.59. The average Bonchev–Trinajstić information content (AvgIpc) is 3.64. The Labute approximate surface area is 291 Å². The highest BCUT2D eigenvalue weighted by molar-refractivity contribution is 7.87. The van der Waals surface area contributed by atoms with E-state index in [1.165, 1.54) is 11.0 Å². The normalized spacial score (nSPS) is 18.8. The van der Waals surface area contributed by atoms with Gasteiger partial charge in [0.1, 0.15) is 5.58 Å². The van der Waals surface area contributed by atoms with Crippen LogP contribution in [-0.4, -0.2) is 107 Å². The fourth-order valence-electron chi connectivity index (χ4n) is 7.31. The predicted octanol–water partition coefficient (Wildman–Crippen LogP) is 2.98. The van der Waals surface area contributed by atoms with Gasteiger partial charge in [-0.3, -0.25) is 14.5 Å². The van der Waals surface area contributed by atoms with Crippen LogP contribution in [0.2, 0.25) is 0 Å². The van der Waals surface area contributed by atoms with Crippen molar-refractivity contribution in [2.45, 2.75) is 52.6 Å². The minimum Gasteiger partial charge on any atom is -0.490 e.